The summed E-state index contributed by atoms with van der Waals surface area (Å²) >= 11 is 0. The van der Waals surface area contributed by atoms with Gasteiger partial charge in [0.05, 0.1) is 11.0 Å². The molecule has 5 heteroatoms. The Morgan fingerprint density at radius 3 is 2.38 bits per heavy atom. The molecule has 1 atom stereocenters. The molecule has 0 spiro atoms. The molecule has 1 unspecified atom stereocenters. The molecule has 1 fully saturated rings. The molecule has 1 amide bonds. The molecule has 116 valence electrons. The molecular weight excluding hydrogens is 268 g/mol. The van der Waals surface area contributed by atoms with Crippen LogP contribution >= 0.6 is 0 Å². The van der Waals surface area contributed by atoms with Crippen molar-refractivity contribution in [2.45, 2.75) is 47.1 Å². The van der Waals surface area contributed by atoms with Crippen LogP contribution in [0.5, 0.6) is 0 Å². The number of hydrogen-bond acceptors (Lipinski definition) is 2. The highest BCUT2D eigenvalue weighted by Gasteiger charge is 2.42. The fourth-order valence-corrected chi connectivity index (χ4v) is 3.27. The Labute approximate surface area is 125 Å². The van der Waals surface area contributed by atoms with Crippen molar-refractivity contribution >= 4 is 11.9 Å². The van der Waals surface area contributed by atoms with E-state index in [-0.39, 0.29) is 12.5 Å². The highest BCUT2D eigenvalue weighted by molar-refractivity contribution is 5.96. The summed E-state index contributed by atoms with van der Waals surface area (Å²) < 4.78 is 2.14. The summed E-state index contributed by atoms with van der Waals surface area (Å²) in [6.07, 6.45) is 0.511. The Kier molecular flexibility index (Phi) is 3.87. The fourth-order valence-electron chi connectivity index (χ4n) is 3.27. The lowest BCUT2D eigenvalue weighted by Crippen LogP contribution is -2.35. The molecule has 2 rings (SSSR count). The van der Waals surface area contributed by atoms with Crippen LogP contribution in [0.2, 0.25) is 0 Å². The van der Waals surface area contributed by atoms with Crippen LogP contribution in [0.1, 0.15) is 55.0 Å². The number of carboxylic acids is 1. The number of nitrogens with zero attached hydrogens (tertiary/aromatic N) is 2. The SMILES string of the molecule is Cc1cc(C(=O)N2CCC(C)(C(=O)O)C2)c(C)n1C(C)C. The van der Waals surface area contributed by atoms with Gasteiger partial charge in [0.2, 0.25) is 0 Å². The van der Waals surface area contributed by atoms with E-state index in [0.29, 0.717) is 24.6 Å². The first kappa shape index (κ1) is 15.6. The summed E-state index contributed by atoms with van der Waals surface area (Å²) in [6, 6.07) is 2.21. The van der Waals surface area contributed by atoms with Crippen molar-refractivity contribution in [2.75, 3.05) is 13.1 Å². The van der Waals surface area contributed by atoms with Crippen LogP contribution in [0.3, 0.4) is 0 Å². The second kappa shape index (κ2) is 5.20. The average Bonchev–Trinajstić information content (AvgIpc) is 2.91. The van der Waals surface area contributed by atoms with Crippen molar-refractivity contribution in [3.63, 3.8) is 0 Å². The summed E-state index contributed by atoms with van der Waals surface area (Å²) in [4.78, 5) is 25.7. The zero-order valence-electron chi connectivity index (χ0n) is 13.4. The number of aryl methyl sites for hydroxylation is 1. The van der Waals surface area contributed by atoms with Gasteiger partial charge in [-0.15, -0.1) is 0 Å². The van der Waals surface area contributed by atoms with E-state index in [4.69, 9.17) is 0 Å². The van der Waals surface area contributed by atoms with Crippen LogP contribution in [0.4, 0.5) is 0 Å². The monoisotopic (exact) mass is 292 g/mol. The van der Waals surface area contributed by atoms with E-state index in [0.717, 1.165) is 11.4 Å². The van der Waals surface area contributed by atoms with Gasteiger partial charge in [-0.3, -0.25) is 9.59 Å². The maximum absolute atomic E-state index is 12.7. The number of aromatic nitrogens is 1. The lowest BCUT2D eigenvalue weighted by Gasteiger charge is -2.20. The minimum absolute atomic E-state index is 0.0556. The van der Waals surface area contributed by atoms with Crippen LogP contribution in [-0.2, 0) is 4.79 Å². The minimum atomic E-state index is -0.828. The first-order chi connectivity index (χ1) is 9.67. The van der Waals surface area contributed by atoms with Gasteiger partial charge in [0, 0.05) is 30.5 Å². The smallest absolute Gasteiger partial charge is 0.311 e. The van der Waals surface area contributed by atoms with Crippen molar-refractivity contribution in [2.24, 2.45) is 5.41 Å². The molecule has 1 saturated heterocycles. The maximum Gasteiger partial charge on any atom is 0.311 e. The van der Waals surface area contributed by atoms with Crippen molar-refractivity contribution in [3.8, 4) is 0 Å². The second-order valence-electron chi connectivity index (χ2n) is 6.59. The van der Waals surface area contributed by atoms with Gasteiger partial charge in [0.15, 0.2) is 0 Å². The molecule has 1 aromatic heterocycles. The zero-order chi connectivity index (χ0) is 15.9. The number of carbonyl (C=O) groups is 2. The largest absolute Gasteiger partial charge is 0.481 e. The number of hydrogen-bond donors (Lipinski definition) is 1. The van der Waals surface area contributed by atoms with Gasteiger partial charge in [-0.05, 0) is 47.1 Å². The Morgan fingerprint density at radius 1 is 1.33 bits per heavy atom. The summed E-state index contributed by atoms with van der Waals surface area (Å²) in [6.45, 7) is 10.6. The molecule has 0 saturated carbocycles. The van der Waals surface area contributed by atoms with Gasteiger partial charge in [-0.25, -0.2) is 0 Å². The highest BCUT2D eigenvalue weighted by Crippen LogP contribution is 2.32. The van der Waals surface area contributed by atoms with Gasteiger partial charge < -0.3 is 14.6 Å². The van der Waals surface area contributed by atoms with Crippen molar-refractivity contribution in [3.05, 3.63) is 23.0 Å². The first-order valence-corrected chi connectivity index (χ1v) is 7.38. The number of likely N-dealkylation sites (tertiary alicyclic amines) is 1. The van der Waals surface area contributed by atoms with E-state index >= 15 is 0 Å². The Bertz CT molecular complexity index is 589. The van der Waals surface area contributed by atoms with E-state index in [1.165, 1.54) is 0 Å². The normalized spacial score (nSPS) is 22.1. The van der Waals surface area contributed by atoms with Crippen LogP contribution in [0, 0.1) is 19.3 Å². The number of amides is 1. The van der Waals surface area contributed by atoms with Gasteiger partial charge in [0.25, 0.3) is 5.91 Å². The van der Waals surface area contributed by atoms with Crippen LogP contribution in [-0.4, -0.2) is 39.5 Å². The van der Waals surface area contributed by atoms with E-state index < -0.39 is 11.4 Å². The number of carboxylic acid groups (broad SMARTS) is 1. The zero-order valence-corrected chi connectivity index (χ0v) is 13.4. The molecule has 2 heterocycles. The van der Waals surface area contributed by atoms with Gasteiger partial charge in [-0.2, -0.15) is 0 Å². The molecule has 0 radical (unpaired) electrons. The van der Waals surface area contributed by atoms with Gasteiger partial charge in [0.1, 0.15) is 0 Å². The number of aliphatic carboxylic acids is 1. The quantitative estimate of drug-likeness (QED) is 0.931. The summed E-state index contributed by atoms with van der Waals surface area (Å²) in [5.41, 5.74) is 1.89. The van der Waals surface area contributed by atoms with E-state index in [2.05, 4.69) is 18.4 Å². The van der Waals surface area contributed by atoms with Crippen LogP contribution in [0.15, 0.2) is 6.07 Å². The minimum Gasteiger partial charge on any atom is -0.481 e. The predicted octanol–water partition coefficient (Wildman–Crippen LogP) is 2.62. The second-order valence-corrected chi connectivity index (χ2v) is 6.59. The third-order valence-electron chi connectivity index (χ3n) is 4.51. The average molecular weight is 292 g/mol. The third-order valence-corrected chi connectivity index (χ3v) is 4.51. The number of rotatable bonds is 3. The summed E-state index contributed by atoms with van der Waals surface area (Å²) in [5, 5.41) is 9.28. The maximum atomic E-state index is 12.7. The Hall–Kier alpha value is -1.78. The van der Waals surface area contributed by atoms with Gasteiger partial charge >= 0.3 is 5.97 Å². The third kappa shape index (κ3) is 2.57. The van der Waals surface area contributed by atoms with E-state index in [1.54, 1.807) is 11.8 Å². The molecule has 1 aliphatic heterocycles. The van der Waals surface area contributed by atoms with Crippen molar-refractivity contribution in [1.29, 1.82) is 0 Å². The van der Waals surface area contributed by atoms with E-state index in [1.807, 2.05) is 19.9 Å². The van der Waals surface area contributed by atoms with Crippen LogP contribution < -0.4 is 0 Å². The molecule has 1 aliphatic rings. The summed E-state index contributed by atoms with van der Waals surface area (Å²) in [5.74, 6) is -0.884. The standard InChI is InChI=1S/C16H24N2O3/c1-10(2)18-11(3)8-13(12(18)4)14(19)17-7-6-16(5,9-17)15(20)21/h8,10H,6-7,9H2,1-5H3,(H,20,21). The molecule has 0 aromatic carbocycles. The van der Waals surface area contributed by atoms with Crippen molar-refractivity contribution in [1.82, 2.24) is 9.47 Å². The lowest BCUT2D eigenvalue weighted by molar-refractivity contribution is -0.147. The Morgan fingerprint density at radius 2 is 1.95 bits per heavy atom. The molecule has 21 heavy (non-hydrogen) atoms. The number of carbonyl (C=O) groups excluding carboxylic acids is 1. The van der Waals surface area contributed by atoms with Crippen molar-refractivity contribution < 1.29 is 14.7 Å². The summed E-state index contributed by atoms with van der Waals surface area (Å²) in [7, 11) is 0. The molecule has 0 bridgehead atoms. The molecule has 0 aliphatic carbocycles. The van der Waals surface area contributed by atoms with Crippen LogP contribution in [0.25, 0.3) is 0 Å². The molecule has 1 aromatic rings. The Balaban J connectivity index is 2.27. The molecule has 5 nitrogen and oxygen atoms in total. The lowest BCUT2D eigenvalue weighted by atomic mass is 9.90. The molecular formula is C16H24N2O3. The van der Waals surface area contributed by atoms with E-state index in [9.17, 15) is 14.7 Å². The fraction of sp³-hybridized carbons (Fsp3) is 0.625. The predicted molar refractivity (Wildman–Crippen MR) is 80.6 cm³/mol. The topological polar surface area (TPSA) is 62.5 Å². The highest BCUT2D eigenvalue weighted by atomic mass is 16.4. The van der Waals surface area contributed by atoms with Gasteiger partial charge in [-0.1, -0.05) is 0 Å². The first-order valence-electron chi connectivity index (χ1n) is 7.38. The molecule has 1 N–H and O–H groups in total.